The summed E-state index contributed by atoms with van der Waals surface area (Å²) in [7, 11) is 2.17. The minimum atomic E-state index is 0.221. The number of ether oxygens (including phenoxy) is 2. The summed E-state index contributed by atoms with van der Waals surface area (Å²) in [4.78, 5) is 2.38. The standard InChI is InChI=1S/C19H27Cl2N3O2/c1-22-13-23(12-16-5-3-9-26-16)24(18-7-6-14(20)10-17(18)21)19(22)11-15-4-2-8-25-15/h6-7,10,15-16,19H,2-5,8-9,11-13H2,1H3. The van der Waals surface area contributed by atoms with E-state index in [2.05, 4.69) is 22.0 Å². The number of nitrogens with zero attached hydrogens (tertiary/aromatic N) is 3. The second-order valence-electron chi connectivity index (χ2n) is 7.51. The Hall–Kier alpha value is -0.560. The van der Waals surface area contributed by atoms with E-state index in [1.807, 2.05) is 18.2 Å². The van der Waals surface area contributed by atoms with Crippen LogP contribution in [0.1, 0.15) is 32.1 Å². The molecule has 0 aromatic heterocycles. The van der Waals surface area contributed by atoms with Crippen LogP contribution in [0.25, 0.3) is 0 Å². The monoisotopic (exact) mass is 399 g/mol. The van der Waals surface area contributed by atoms with E-state index >= 15 is 0 Å². The van der Waals surface area contributed by atoms with Gasteiger partial charge >= 0.3 is 0 Å². The average Bonchev–Trinajstić information content (AvgIpc) is 3.33. The molecule has 1 aromatic rings. The Morgan fingerprint density at radius 1 is 1.08 bits per heavy atom. The summed E-state index contributed by atoms with van der Waals surface area (Å²) in [5.41, 5.74) is 1.00. The van der Waals surface area contributed by atoms with Crippen molar-refractivity contribution in [3.63, 3.8) is 0 Å². The van der Waals surface area contributed by atoms with Crippen molar-refractivity contribution < 1.29 is 9.47 Å². The van der Waals surface area contributed by atoms with Crippen molar-refractivity contribution in [2.75, 3.05) is 38.5 Å². The molecular formula is C19H27Cl2N3O2. The van der Waals surface area contributed by atoms with Crippen LogP contribution in [0.4, 0.5) is 5.69 Å². The fourth-order valence-electron chi connectivity index (χ4n) is 4.29. The molecule has 26 heavy (non-hydrogen) atoms. The van der Waals surface area contributed by atoms with Gasteiger partial charge in [-0.15, -0.1) is 0 Å². The Balaban J connectivity index is 1.60. The quantitative estimate of drug-likeness (QED) is 0.745. The molecule has 144 valence electrons. The minimum absolute atomic E-state index is 0.221. The van der Waals surface area contributed by atoms with E-state index in [-0.39, 0.29) is 6.17 Å². The van der Waals surface area contributed by atoms with Gasteiger partial charge in [-0.1, -0.05) is 23.2 Å². The third kappa shape index (κ3) is 3.98. The third-order valence-corrected chi connectivity index (χ3v) is 6.11. The molecule has 4 rings (SSSR count). The van der Waals surface area contributed by atoms with E-state index < -0.39 is 0 Å². The Kier molecular flexibility index (Phi) is 5.93. The second-order valence-corrected chi connectivity index (χ2v) is 8.36. The van der Waals surface area contributed by atoms with Crippen molar-refractivity contribution in [2.45, 2.75) is 50.5 Å². The molecule has 0 saturated carbocycles. The Morgan fingerprint density at radius 3 is 2.46 bits per heavy atom. The van der Waals surface area contributed by atoms with E-state index in [0.717, 1.165) is 64.2 Å². The van der Waals surface area contributed by atoms with Crippen LogP contribution in [-0.4, -0.2) is 61.8 Å². The van der Waals surface area contributed by atoms with Gasteiger partial charge in [-0.25, -0.2) is 5.01 Å². The number of benzene rings is 1. The topological polar surface area (TPSA) is 28.2 Å². The maximum absolute atomic E-state index is 6.59. The molecule has 0 bridgehead atoms. The lowest BCUT2D eigenvalue weighted by Crippen LogP contribution is -2.46. The van der Waals surface area contributed by atoms with E-state index in [1.165, 1.54) is 0 Å². The van der Waals surface area contributed by atoms with E-state index in [4.69, 9.17) is 32.7 Å². The van der Waals surface area contributed by atoms with Crippen molar-refractivity contribution in [1.29, 1.82) is 0 Å². The summed E-state index contributed by atoms with van der Waals surface area (Å²) in [6.45, 7) is 3.49. The first kappa shape index (κ1) is 18.8. The normalized spacial score (nSPS) is 30.6. The van der Waals surface area contributed by atoms with Gasteiger partial charge in [-0.2, -0.15) is 0 Å². The molecule has 3 aliphatic rings. The smallest absolute Gasteiger partial charge is 0.101 e. The van der Waals surface area contributed by atoms with E-state index in [0.29, 0.717) is 22.3 Å². The van der Waals surface area contributed by atoms with Crippen LogP contribution in [-0.2, 0) is 9.47 Å². The first-order chi connectivity index (χ1) is 12.6. The Labute approximate surface area is 165 Å². The van der Waals surface area contributed by atoms with Crippen LogP contribution in [0, 0.1) is 0 Å². The first-order valence-electron chi connectivity index (χ1n) is 9.54. The summed E-state index contributed by atoms with van der Waals surface area (Å²) >= 11 is 12.7. The van der Waals surface area contributed by atoms with Crippen molar-refractivity contribution in [3.05, 3.63) is 28.2 Å². The molecule has 0 N–H and O–H groups in total. The Bertz CT molecular complexity index is 621. The van der Waals surface area contributed by atoms with Crippen LogP contribution >= 0.6 is 23.2 Å². The second kappa shape index (κ2) is 8.21. The third-order valence-electron chi connectivity index (χ3n) is 5.57. The van der Waals surface area contributed by atoms with E-state index in [9.17, 15) is 0 Å². The molecule has 3 aliphatic heterocycles. The molecule has 1 aromatic carbocycles. The number of hydrogen-bond acceptors (Lipinski definition) is 5. The molecule has 3 heterocycles. The van der Waals surface area contributed by atoms with Crippen molar-refractivity contribution in [3.8, 4) is 0 Å². The highest BCUT2D eigenvalue weighted by atomic mass is 35.5. The van der Waals surface area contributed by atoms with Gasteiger partial charge in [0.15, 0.2) is 0 Å². The molecule has 3 saturated heterocycles. The largest absolute Gasteiger partial charge is 0.378 e. The van der Waals surface area contributed by atoms with Crippen molar-refractivity contribution in [2.24, 2.45) is 0 Å². The maximum Gasteiger partial charge on any atom is 0.101 e. The molecule has 0 amide bonds. The van der Waals surface area contributed by atoms with Gasteiger partial charge in [0.1, 0.15) is 6.17 Å². The van der Waals surface area contributed by atoms with Crippen LogP contribution in [0.15, 0.2) is 18.2 Å². The number of rotatable bonds is 5. The van der Waals surface area contributed by atoms with Crippen LogP contribution in [0.3, 0.4) is 0 Å². The maximum atomic E-state index is 6.59. The SMILES string of the molecule is CN1CN(CC2CCCO2)N(c2ccc(Cl)cc2Cl)C1CC1CCCO1. The molecule has 3 atom stereocenters. The average molecular weight is 400 g/mol. The highest BCUT2D eigenvalue weighted by molar-refractivity contribution is 6.36. The molecular weight excluding hydrogens is 373 g/mol. The zero-order valence-corrected chi connectivity index (χ0v) is 16.8. The van der Waals surface area contributed by atoms with E-state index in [1.54, 1.807) is 0 Å². The van der Waals surface area contributed by atoms with Crippen LogP contribution in [0.2, 0.25) is 10.0 Å². The Morgan fingerprint density at radius 2 is 1.81 bits per heavy atom. The number of halogens is 2. The van der Waals surface area contributed by atoms with Gasteiger partial charge in [-0.3, -0.25) is 9.91 Å². The van der Waals surface area contributed by atoms with Gasteiger partial charge in [0.25, 0.3) is 0 Å². The summed E-state index contributed by atoms with van der Waals surface area (Å²) in [5, 5.41) is 6.04. The lowest BCUT2D eigenvalue weighted by atomic mass is 10.1. The van der Waals surface area contributed by atoms with Crippen LogP contribution < -0.4 is 5.01 Å². The molecule has 0 aliphatic carbocycles. The predicted octanol–water partition coefficient (Wildman–Crippen LogP) is 3.99. The zero-order chi connectivity index (χ0) is 18.1. The van der Waals surface area contributed by atoms with Gasteiger partial charge in [0.05, 0.1) is 29.6 Å². The number of anilines is 1. The fourth-order valence-corrected chi connectivity index (χ4v) is 4.78. The van der Waals surface area contributed by atoms with Gasteiger partial charge in [0, 0.05) is 31.2 Å². The highest BCUT2D eigenvalue weighted by Gasteiger charge is 2.40. The summed E-state index contributed by atoms with van der Waals surface area (Å²) in [6, 6.07) is 5.76. The zero-order valence-electron chi connectivity index (χ0n) is 15.2. The van der Waals surface area contributed by atoms with Gasteiger partial charge < -0.3 is 9.47 Å². The summed E-state index contributed by atoms with van der Waals surface area (Å²) < 4.78 is 11.8. The lowest BCUT2D eigenvalue weighted by Gasteiger charge is -2.36. The van der Waals surface area contributed by atoms with Crippen molar-refractivity contribution in [1.82, 2.24) is 9.91 Å². The molecule has 0 radical (unpaired) electrons. The van der Waals surface area contributed by atoms with Crippen molar-refractivity contribution >= 4 is 28.9 Å². The molecule has 5 nitrogen and oxygen atoms in total. The lowest BCUT2D eigenvalue weighted by molar-refractivity contribution is 0.0723. The number of hydrogen-bond donors (Lipinski definition) is 0. The highest BCUT2D eigenvalue weighted by Crippen LogP contribution is 2.37. The fraction of sp³-hybridized carbons (Fsp3) is 0.684. The number of hydrazine groups is 1. The first-order valence-corrected chi connectivity index (χ1v) is 10.3. The molecule has 3 fully saturated rings. The van der Waals surface area contributed by atoms with Gasteiger partial charge in [0.2, 0.25) is 0 Å². The molecule has 0 spiro atoms. The minimum Gasteiger partial charge on any atom is -0.378 e. The van der Waals surface area contributed by atoms with Gasteiger partial charge in [-0.05, 0) is 50.9 Å². The van der Waals surface area contributed by atoms with Crippen LogP contribution in [0.5, 0.6) is 0 Å². The molecule has 7 heteroatoms. The summed E-state index contributed by atoms with van der Waals surface area (Å²) in [6.07, 6.45) is 6.36. The summed E-state index contributed by atoms with van der Waals surface area (Å²) in [5.74, 6) is 0. The predicted molar refractivity (Wildman–Crippen MR) is 105 cm³/mol. The molecule has 3 unspecified atom stereocenters.